The summed E-state index contributed by atoms with van der Waals surface area (Å²) in [5.41, 5.74) is 1.99. The molecular formula is C22H19FN2S. The lowest BCUT2D eigenvalue weighted by Gasteiger charge is -2.19. The Labute approximate surface area is 156 Å². The van der Waals surface area contributed by atoms with Gasteiger partial charge in [-0.25, -0.2) is 9.37 Å². The van der Waals surface area contributed by atoms with E-state index in [1.165, 1.54) is 22.4 Å². The Balaban J connectivity index is 1.62. The zero-order valence-electron chi connectivity index (χ0n) is 14.3. The second kappa shape index (κ2) is 7.75. The molecular weight excluding hydrogens is 343 g/mol. The van der Waals surface area contributed by atoms with E-state index >= 15 is 0 Å². The largest absolute Gasteiger partial charge is 0.336 e. The van der Waals surface area contributed by atoms with Crippen LogP contribution in [0.25, 0.3) is 10.8 Å². The third kappa shape index (κ3) is 3.81. The molecule has 0 radical (unpaired) electrons. The van der Waals surface area contributed by atoms with Gasteiger partial charge in [-0.15, -0.1) is 11.8 Å². The Morgan fingerprint density at radius 1 is 0.962 bits per heavy atom. The van der Waals surface area contributed by atoms with Crippen LogP contribution in [0, 0.1) is 5.82 Å². The number of hydrogen-bond donors (Lipinski definition) is 0. The highest BCUT2D eigenvalue weighted by Gasteiger charge is 2.15. The number of thioether (sulfide) groups is 1. The van der Waals surface area contributed by atoms with Crippen LogP contribution < -0.4 is 0 Å². The first-order valence-corrected chi connectivity index (χ1v) is 9.64. The Morgan fingerprint density at radius 3 is 2.58 bits per heavy atom. The first kappa shape index (κ1) is 16.9. The van der Waals surface area contributed by atoms with Crippen molar-refractivity contribution in [2.75, 3.05) is 0 Å². The molecule has 130 valence electrons. The van der Waals surface area contributed by atoms with Crippen LogP contribution in [-0.2, 0) is 12.3 Å². The summed E-state index contributed by atoms with van der Waals surface area (Å²) >= 11 is 1.76. The van der Waals surface area contributed by atoms with Crippen molar-refractivity contribution in [3.8, 4) is 0 Å². The quantitative estimate of drug-likeness (QED) is 0.428. The van der Waals surface area contributed by atoms with Crippen molar-refractivity contribution in [1.82, 2.24) is 9.55 Å². The van der Waals surface area contributed by atoms with Crippen LogP contribution in [-0.4, -0.2) is 9.55 Å². The molecule has 0 aliphatic heterocycles. The van der Waals surface area contributed by atoms with Gasteiger partial charge in [0.2, 0.25) is 0 Å². The monoisotopic (exact) mass is 362 g/mol. The summed E-state index contributed by atoms with van der Waals surface area (Å²) in [7, 11) is 0. The average molecular weight is 362 g/mol. The molecule has 4 rings (SSSR count). The fourth-order valence-electron chi connectivity index (χ4n) is 3.05. The van der Waals surface area contributed by atoms with Crippen molar-refractivity contribution < 1.29 is 4.39 Å². The highest BCUT2D eigenvalue weighted by Crippen LogP contribution is 2.35. The summed E-state index contributed by atoms with van der Waals surface area (Å²) in [6.07, 6.45) is 5.59. The molecule has 0 aliphatic carbocycles. The van der Waals surface area contributed by atoms with Crippen molar-refractivity contribution in [2.24, 2.45) is 0 Å². The standard InChI is InChI=1S/C22H19FN2S/c23-21-8-4-3-7-20(21)15-26-22(14-25-12-11-24-16-25)19-10-9-17-5-1-2-6-18(17)13-19/h1-13,16,22H,14-15H2. The van der Waals surface area contributed by atoms with E-state index in [9.17, 15) is 4.39 Å². The van der Waals surface area contributed by atoms with Gasteiger partial charge >= 0.3 is 0 Å². The summed E-state index contributed by atoms with van der Waals surface area (Å²) in [6.45, 7) is 0.803. The number of rotatable bonds is 6. The molecule has 1 atom stereocenters. The Morgan fingerprint density at radius 2 is 1.77 bits per heavy atom. The topological polar surface area (TPSA) is 17.8 Å². The number of fused-ring (bicyclic) bond motifs is 1. The third-order valence-electron chi connectivity index (χ3n) is 4.48. The molecule has 0 fully saturated rings. The molecule has 26 heavy (non-hydrogen) atoms. The maximum Gasteiger partial charge on any atom is 0.127 e. The lowest BCUT2D eigenvalue weighted by molar-refractivity contribution is 0.617. The van der Waals surface area contributed by atoms with E-state index in [1.54, 1.807) is 24.0 Å². The SMILES string of the molecule is Fc1ccccc1CSC(Cn1ccnc1)c1ccc2ccccc2c1. The molecule has 4 aromatic rings. The first-order valence-electron chi connectivity index (χ1n) is 8.59. The van der Waals surface area contributed by atoms with Gasteiger partial charge in [0.05, 0.1) is 6.33 Å². The van der Waals surface area contributed by atoms with Crippen molar-refractivity contribution in [2.45, 2.75) is 17.5 Å². The molecule has 1 heterocycles. The fraction of sp³-hybridized carbons (Fsp3) is 0.136. The fourth-order valence-corrected chi connectivity index (χ4v) is 4.29. The second-order valence-electron chi connectivity index (χ2n) is 6.26. The van der Waals surface area contributed by atoms with E-state index in [0.717, 1.165) is 12.1 Å². The smallest absolute Gasteiger partial charge is 0.127 e. The predicted molar refractivity (Wildman–Crippen MR) is 107 cm³/mol. The summed E-state index contributed by atoms with van der Waals surface area (Å²) in [5.74, 6) is 0.499. The van der Waals surface area contributed by atoms with Gasteiger partial charge in [-0.3, -0.25) is 0 Å². The van der Waals surface area contributed by atoms with Crippen LogP contribution in [0.3, 0.4) is 0 Å². The minimum absolute atomic E-state index is 0.139. The van der Waals surface area contributed by atoms with Crippen LogP contribution in [0.1, 0.15) is 16.4 Å². The molecule has 0 N–H and O–H groups in total. The summed E-state index contributed by atoms with van der Waals surface area (Å²) < 4.78 is 16.1. The summed E-state index contributed by atoms with van der Waals surface area (Å²) in [5, 5.41) is 2.68. The molecule has 0 bridgehead atoms. The average Bonchev–Trinajstić information content (AvgIpc) is 3.19. The predicted octanol–water partition coefficient (Wildman–Crippen LogP) is 5.85. The molecule has 1 unspecified atom stereocenters. The first-order chi connectivity index (χ1) is 12.8. The van der Waals surface area contributed by atoms with E-state index in [4.69, 9.17) is 0 Å². The van der Waals surface area contributed by atoms with Crippen LogP contribution in [0.15, 0.2) is 85.5 Å². The normalized spacial score (nSPS) is 12.3. The van der Waals surface area contributed by atoms with Gasteiger partial charge in [-0.1, -0.05) is 54.6 Å². The second-order valence-corrected chi connectivity index (χ2v) is 7.45. The highest BCUT2D eigenvalue weighted by molar-refractivity contribution is 7.98. The van der Waals surface area contributed by atoms with Crippen molar-refractivity contribution in [1.29, 1.82) is 0 Å². The molecule has 0 saturated heterocycles. The van der Waals surface area contributed by atoms with Gasteiger partial charge in [-0.05, 0) is 34.0 Å². The number of aromatic nitrogens is 2. The van der Waals surface area contributed by atoms with Gasteiger partial charge in [0.1, 0.15) is 5.82 Å². The molecule has 3 aromatic carbocycles. The van der Waals surface area contributed by atoms with Gasteiger partial charge in [0.25, 0.3) is 0 Å². The molecule has 0 aliphatic rings. The van der Waals surface area contributed by atoms with Crippen LogP contribution >= 0.6 is 11.8 Å². The van der Waals surface area contributed by atoms with Crippen LogP contribution in [0.2, 0.25) is 0 Å². The molecule has 1 aromatic heterocycles. The molecule has 2 nitrogen and oxygen atoms in total. The van der Waals surface area contributed by atoms with E-state index in [1.807, 2.05) is 24.7 Å². The van der Waals surface area contributed by atoms with Crippen molar-refractivity contribution in [3.05, 3.63) is 102 Å². The minimum atomic E-state index is -0.139. The summed E-state index contributed by atoms with van der Waals surface area (Å²) in [4.78, 5) is 4.14. The lowest BCUT2D eigenvalue weighted by Crippen LogP contribution is -2.06. The maximum atomic E-state index is 14.0. The number of benzene rings is 3. The third-order valence-corrected chi connectivity index (χ3v) is 5.78. The van der Waals surface area contributed by atoms with E-state index in [0.29, 0.717) is 5.75 Å². The van der Waals surface area contributed by atoms with Gasteiger partial charge in [0, 0.05) is 29.9 Å². The zero-order chi connectivity index (χ0) is 17.8. The molecule has 4 heteroatoms. The van der Waals surface area contributed by atoms with E-state index in [2.05, 4.69) is 52.0 Å². The van der Waals surface area contributed by atoms with Crippen molar-refractivity contribution in [3.63, 3.8) is 0 Å². The Bertz CT molecular complexity index is 998. The maximum absolute atomic E-state index is 14.0. The van der Waals surface area contributed by atoms with Crippen LogP contribution in [0.4, 0.5) is 4.39 Å². The number of imidazole rings is 1. The number of halogens is 1. The van der Waals surface area contributed by atoms with Gasteiger partial charge in [-0.2, -0.15) is 0 Å². The lowest BCUT2D eigenvalue weighted by atomic mass is 10.0. The number of hydrogen-bond acceptors (Lipinski definition) is 2. The molecule has 0 saturated carbocycles. The Hall–Kier alpha value is -2.59. The minimum Gasteiger partial charge on any atom is -0.336 e. The van der Waals surface area contributed by atoms with Gasteiger partial charge < -0.3 is 4.57 Å². The van der Waals surface area contributed by atoms with Gasteiger partial charge in [0.15, 0.2) is 0 Å². The van der Waals surface area contributed by atoms with E-state index in [-0.39, 0.29) is 11.1 Å². The van der Waals surface area contributed by atoms with E-state index < -0.39 is 0 Å². The molecule has 0 amide bonds. The van der Waals surface area contributed by atoms with Crippen molar-refractivity contribution >= 4 is 22.5 Å². The molecule has 0 spiro atoms. The number of nitrogens with zero attached hydrogens (tertiary/aromatic N) is 2. The Kier molecular flexibility index (Phi) is 5.02. The highest BCUT2D eigenvalue weighted by atomic mass is 32.2. The van der Waals surface area contributed by atoms with Crippen LogP contribution in [0.5, 0.6) is 0 Å². The zero-order valence-corrected chi connectivity index (χ0v) is 15.1. The summed E-state index contributed by atoms with van der Waals surface area (Å²) in [6, 6.07) is 22.0.